The number of benzene rings is 2. The van der Waals surface area contributed by atoms with Gasteiger partial charge in [-0.2, -0.15) is 0 Å². The number of carbonyl (C=O) groups is 1. The predicted octanol–water partition coefficient (Wildman–Crippen LogP) is 5.87. The number of aromatic nitrogens is 1. The Morgan fingerprint density at radius 1 is 0.941 bits per heavy atom. The van der Waals surface area contributed by atoms with E-state index in [0.717, 1.165) is 59.9 Å². The Labute approximate surface area is 213 Å². The minimum Gasteiger partial charge on any atom is -0.494 e. The number of amides is 1. The molecule has 0 aliphatic rings. The standard InChI is InChI=1S/C26H36N4O2S.ClH/c1-7-28(8-2)17-18-30(25(31)20-12-14-21(15-13-20)29(9-3)10-4)26-27-23-22(32-6)16-11-19(5)24(23)33-26;/h11-16H,7-10,17-18H2,1-6H3;1H. The van der Waals surface area contributed by atoms with E-state index in [-0.39, 0.29) is 18.3 Å². The molecule has 0 radical (unpaired) electrons. The summed E-state index contributed by atoms with van der Waals surface area (Å²) in [5, 5.41) is 0.711. The first-order valence-electron chi connectivity index (χ1n) is 11.8. The van der Waals surface area contributed by atoms with E-state index in [4.69, 9.17) is 9.72 Å². The van der Waals surface area contributed by atoms with Crippen molar-refractivity contribution in [1.82, 2.24) is 9.88 Å². The zero-order chi connectivity index (χ0) is 24.0. The molecular formula is C26H37ClN4O2S. The Bertz CT molecular complexity index is 1060. The molecular weight excluding hydrogens is 468 g/mol. The zero-order valence-corrected chi connectivity index (χ0v) is 22.8. The third-order valence-electron chi connectivity index (χ3n) is 6.17. The second-order valence-electron chi connectivity index (χ2n) is 7.96. The van der Waals surface area contributed by atoms with Crippen molar-refractivity contribution in [1.29, 1.82) is 0 Å². The molecule has 0 atom stereocenters. The molecule has 3 rings (SSSR count). The Kier molecular flexibility index (Phi) is 10.6. The monoisotopic (exact) mass is 504 g/mol. The maximum Gasteiger partial charge on any atom is 0.260 e. The number of hydrogen-bond acceptors (Lipinski definition) is 6. The number of likely N-dealkylation sites (N-methyl/N-ethyl adjacent to an activating group) is 1. The van der Waals surface area contributed by atoms with Crippen LogP contribution in [-0.2, 0) is 0 Å². The SMILES string of the molecule is CCN(CC)CCN(C(=O)c1ccc(N(CC)CC)cc1)c1nc2c(OC)ccc(C)c2s1.Cl. The smallest absolute Gasteiger partial charge is 0.260 e. The number of methoxy groups -OCH3 is 1. The van der Waals surface area contributed by atoms with Crippen LogP contribution in [0, 0.1) is 6.92 Å². The van der Waals surface area contributed by atoms with E-state index in [2.05, 4.69) is 44.4 Å². The van der Waals surface area contributed by atoms with Crippen molar-refractivity contribution >= 4 is 50.7 Å². The summed E-state index contributed by atoms with van der Waals surface area (Å²) in [6.07, 6.45) is 0. The summed E-state index contributed by atoms with van der Waals surface area (Å²) in [4.78, 5) is 25.0. The fraction of sp³-hybridized carbons (Fsp3) is 0.462. The van der Waals surface area contributed by atoms with Gasteiger partial charge in [0.05, 0.1) is 11.8 Å². The van der Waals surface area contributed by atoms with E-state index in [1.54, 1.807) is 18.4 Å². The summed E-state index contributed by atoms with van der Waals surface area (Å²) in [6, 6.07) is 11.9. The Morgan fingerprint density at radius 2 is 1.59 bits per heavy atom. The topological polar surface area (TPSA) is 48.9 Å². The van der Waals surface area contributed by atoms with Crippen molar-refractivity contribution in [2.75, 3.05) is 56.2 Å². The van der Waals surface area contributed by atoms with Crippen LogP contribution in [0.5, 0.6) is 5.75 Å². The first-order valence-corrected chi connectivity index (χ1v) is 12.6. The molecule has 186 valence electrons. The van der Waals surface area contributed by atoms with Gasteiger partial charge in [-0.1, -0.05) is 31.3 Å². The van der Waals surface area contributed by atoms with Crippen molar-refractivity contribution < 1.29 is 9.53 Å². The van der Waals surface area contributed by atoms with Crippen LogP contribution in [-0.4, -0.2) is 62.2 Å². The summed E-state index contributed by atoms with van der Waals surface area (Å²) in [5.41, 5.74) is 3.75. The van der Waals surface area contributed by atoms with Gasteiger partial charge in [-0.15, -0.1) is 12.4 Å². The number of thiazole rings is 1. The molecule has 6 nitrogen and oxygen atoms in total. The van der Waals surface area contributed by atoms with Gasteiger partial charge in [-0.05, 0) is 69.8 Å². The van der Waals surface area contributed by atoms with Crippen LogP contribution in [0.1, 0.15) is 43.6 Å². The van der Waals surface area contributed by atoms with Gasteiger partial charge in [0.25, 0.3) is 5.91 Å². The van der Waals surface area contributed by atoms with Crippen molar-refractivity contribution in [2.45, 2.75) is 34.6 Å². The summed E-state index contributed by atoms with van der Waals surface area (Å²) in [6.45, 7) is 15.8. The van der Waals surface area contributed by atoms with Crippen LogP contribution in [0.15, 0.2) is 36.4 Å². The normalized spacial score (nSPS) is 10.9. The van der Waals surface area contributed by atoms with Gasteiger partial charge in [0.2, 0.25) is 0 Å². The molecule has 0 unspecified atom stereocenters. The number of hydrogen-bond donors (Lipinski definition) is 0. The predicted molar refractivity (Wildman–Crippen MR) is 148 cm³/mol. The lowest BCUT2D eigenvalue weighted by atomic mass is 10.1. The van der Waals surface area contributed by atoms with Gasteiger partial charge in [0.1, 0.15) is 11.3 Å². The lowest BCUT2D eigenvalue weighted by Crippen LogP contribution is -2.38. The van der Waals surface area contributed by atoms with Crippen LogP contribution in [0.2, 0.25) is 0 Å². The molecule has 34 heavy (non-hydrogen) atoms. The molecule has 0 N–H and O–H groups in total. The Balaban J connectivity index is 0.00000408. The third-order valence-corrected chi connectivity index (χ3v) is 7.38. The molecule has 0 fully saturated rings. The minimum absolute atomic E-state index is 0. The maximum absolute atomic E-state index is 13.7. The van der Waals surface area contributed by atoms with Gasteiger partial charge in [-0.25, -0.2) is 4.98 Å². The molecule has 0 aliphatic carbocycles. The fourth-order valence-corrected chi connectivity index (χ4v) is 5.08. The van der Waals surface area contributed by atoms with E-state index in [0.29, 0.717) is 17.2 Å². The molecule has 0 bridgehead atoms. The number of fused-ring (bicyclic) bond motifs is 1. The quantitative estimate of drug-likeness (QED) is 0.327. The number of anilines is 2. The Hall–Kier alpha value is -2.35. The van der Waals surface area contributed by atoms with Crippen LogP contribution in [0.25, 0.3) is 10.2 Å². The van der Waals surface area contributed by atoms with E-state index < -0.39 is 0 Å². The van der Waals surface area contributed by atoms with Crippen LogP contribution < -0.4 is 14.5 Å². The molecule has 0 saturated heterocycles. The van der Waals surface area contributed by atoms with Gasteiger partial charge in [0.15, 0.2) is 5.13 Å². The molecule has 3 aromatic rings. The maximum atomic E-state index is 13.7. The first kappa shape index (κ1) is 27.9. The molecule has 0 saturated carbocycles. The highest BCUT2D eigenvalue weighted by molar-refractivity contribution is 7.22. The van der Waals surface area contributed by atoms with Crippen LogP contribution in [0.4, 0.5) is 10.8 Å². The van der Waals surface area contributed by atoms with Gasteiger partial charge < -0.3 is 14.5 Å². The average molecular weight is 505 g/mol. The number of nitrogens with zero attached hydrogens (tertiary/aromatic N) is 4. The van der Waals surface area contributed by atoms with Gasteiger partial charge >= 0.3 is 0 Å². The molecule has 2 aromatic carbocycles. The number of ether oxygens (including phenoxy) is 1. The number of halogens is 1. The highest BCUT2D eigenvalue weighted by Crippen LogP contribution is 2.36. The van der Waals surface area contributed by atoms with Crippen molar-refractivity contribution in [3.63, 3.8) is 0 Å². The second-order valence-corrected chi connectivity index (χ2v) is 8.94. The fourth-order valence-electron chi connectivity index (χ4n) is 4.00. The lowest BCUT2D eigenvalue weighted by Gasteiger charge is -2.25. The highest BCUT2D eigenvalue weighted by Gasteiger charge is 2.23. The van der Waals surface area contributed by atoms with Crippen LogP contribution >= 0.6 is 23.7 Å². The molecule has 1 heterocycles. The summed E-state index contributed by atoms with van der Waals surface area (Å²) in [7, 11) is 1.66. The summed E-state index contributed by atoms with van der Waals surface area (Å²) < 4.78 is 6.60. The number of aryl methyl sites for hydroxylation is 1. The number of carbonyl (C=O) groups excluding carboxylic acids is 1. The average Bonchev–Trinajstić information content (AvgIpc) is 3.29. The molecule has 0 aliphatic heterocycles. The van der Waals surface area contributed by atoms with Gasteiger partial charge in [0, 0.05) is 37.4 Å². The Morgan fingerprint density at radius 3 is 2.15 bits per heavy atom. The summed E-state index contributed by atoms with van der Waals surface area (Å²) in [5.74, 6) is 0.710. The molecule has 0 spiro atoms. The van der Waals surface area contributed by atoms with E-state index in [1.165, 1.54) is 0 Å². The second kappa shape index (κ2) is 12.9. The largest absolute Gasteiger partial charge is 0.494 e. The zero-order valence-electron chi connectivity index (χ0n) is 21.1. The molecule has 1 amide bonds. The van der Waals surface area contributed by atoms with E-state index in [1.807, 2.05) is 41.3 Å². The highest BCUT2D eigenvalue weighted by atomic mass is 35.5. The van der Waals surface area contributed by atoms with Crippen molar-refractivity contribution in [3.8, 4) is 5.75 Å². The van der Waals surface area contributed by atoms with E-state index in [9.17, 15) is 4.79 Å². The first-order chi connectivity index (χ1) is 16.0. The van der Waals surface area contributed by atoms with Gasteiger partial charge in [-0.3, -0.25) is 9.69 Å². The molecule has 8 heteroatoms. The third kappa shape index (κ3) is 6.01. The van der Waals surface area contributed by atoms with E-state index >= 15 is 0 Å². The lowest BCUT2D eigenvalue weighted by molar-refractivity contribution is 0.0984. The van der Waals surface area contributed by atoms with Crippen molar-refractivity contribution in [3.05, 3.63) is 47.5 Å². The minimum atomic E-state index is -0.0241. The number of rotatable bonds is 11. The molecule has 1 aromatic heterocycles. The van der Waals surface area contributed by atoms with Crippen LogP contribution in [0.3, 0.4) is 0 Å². The summed E-state index contributed by atoms with van der Waals surface area (Å²) >= 11 is 1.55. The van der Waals surface area contributed by atoms with Crippen molar-refractivity contribution in [2.24, 2.45) is 0 Å².